The molecule has 3 N–H and O–H groups in total. The van der Waals surface area contributed by atoms with E-state index in [1.807, 2.05) is 6.07 Å². The molecule has 0 atom stereocenters. The van der Waals surface area contributed by atoms with Crippen molar-refractivity contribution in [2.24, 2.45) is 0 Å². The molecule has 0 bridgehead atoms. The SMILES string of the molecule is Cc1cc(C)n(Cc2nc3c4cc(Nc5nc6c7c(ccc6c6nc(Cn8nc(C(F)(F)F)cc8C(F)(F)F)nn56)OC(F)(F)O7)c5c(c4nc(N)n3n2)OC(F)(F)O5)n1. The van der Waals surface area contributed by atoms with Gasteiger partial charge in [0.05, 0.1) is 16.8 Å². The molecule has 2 aromatic carbocycles. The van der Waals surface area contributed by atoms with Crippen LogP contribution in [0.25, 0.3) is 33.1 Å². The lowest BCUT2D eigenvalue weighted by Crippen LogP contribution is -2.26. The molecular weight excluding hydrogens is 834 g/mol. The molecule has 8 aromatic rings. The van der Waals surface area contributed by atoms with Crippen molar-refractivity contribution in [3.05, 3.63) is 64.8 Å². The molecule has 0 radical (unpaired) electrons. The van der Waals surface area contributed by atoms with Crippen molar-refractivity contribution in [2.75, 3.05) is 11.1 Å². The number of hydrogen-bond donors (Lipinski definition) is 2. The van der Waals surface area contributed by atoms with Gasteiger partial charge in [-0.3, -0.25) is 9.36 Å². The number of benzene rings is 2. The van der Waals surface area contributed by atoms with Crippen molar-refractivity contribution < 1.29 is 62.9 Å². The Labute approximate surface area is 323 Å². The molecule has 0 unspecified atom stereocenters. The fourth-order valence-electron chi connectivity index (χ4n) is 6.77. The molecule has 0 fully saturated rings. The van der Waals surface area contributed by atoms with Crippen molar-refractivity contribution >= 4 is 50.7 Å². The lowest BCUT2D eigenvalue weighted by molar-refractivity contribution is -0.287. The first-order valence-corrected chi connectivity index (χ1v) is 16.9. The molecule has 8 heterocycles. The van der Waals surface area contributed by atoms with E-state index in [-0.39, 0.29) is 62.3 Å². The molecule has 10 rings (SSSR count). The Morgan fingerprint density at radius 2 is 1.30 bits per heavy atom. The minimum absolute atomic E-state index is 0.00808. The Balaban J connectivity index is 1.16. The fourth-order valence-corrected chi connectivity index (χ4v) is 6.77. The number of anilines is 3. The van der Waals surface area contributed by atoms with Gasteiger partial charge in [0.15, 0.2) is 45.9 Å². The topological polar surface area (TPSA) is 197 Å². The standard InChI is InChI=1S/C32H18F10N14O4/c1-10-5-11(2)53(49-10)8-18-46-26-13-6-14(22-24(60-32(41,42)58-22)21(13)47-27(43)55(26)51-18)44-28-48-20-12(3-4-15-23(20)59-31(39,40)57-15)25-45-19(52-56(25)28)9-54-17(30(36,37)38)7-16(50-54)29(33,34)35/h3-7H,8-9H2,1-2H3,(H2,43,47)(H,44,48). The summed E-state index contributed by atoms with van der Waals surface area (Å²) in [6.07, 6.45) is -19.0. The molecule has 60 heavy (non-hydrogen) atoms. The highest BCUT2D eigenvalue weighted by atomic mass is 19.4. The number of nitrogens with zero attached hydrogens (tertiary/aromatic N) is 12. The number of aryl methyl sites for hydroxylation is 2. The number of rotatable bonds is 6. The molecule has 0 spiro atoms. The van der Waals surface area contributed by atoms with E-state index >= 15 is 0 Å². The first-order chi connectivity index (χ1) is 28.1. The van der Waals surface area contributed by atoms with Crippen LogP contribution < -0.4 is 30.0 Å². The minimum atomic E-state index is -5.31. The molecule has 0 saturated heterocycles. The van der Waals surface area contributed by atoms with E-state index in [0.29, 0.717) is 5.69 Å². The molecule has 0 saturated carbocycles. The Hall–Kier alpha value is -7.42. The van der Waals surface area contributed by atoms with Crippen LogP contribution in [0.2, 0.25) is 0 Å². The van der Waals surface area contributed by atoms with E-state index in [0.717, 1.165) is 20.8 Å². The molecule has 18 nitrogen and oxygen atoms in total. The van der Waals surface area contributed by atoms with Crippen molar-refractivity contribution in [3.63, 3.8) is 0 Å². The number of ether oxygens (including phenoxy) is 4. The first kappa shape index (κ1) is 36.9. The summed E-state index contributed by atoms with van der Waals surface area (Å²) in [5.41, 5.74) is 2.61. The number of fused-ring (bicyclic) bond motifs is 10. The van der Waals surface area contributed by atoms with Gasteiger partial charge in [0.2, 0.25) is 17.6 Å². The Morgan fingerprint density at radius 3 is 1.98 bits per heavy atom. The second kappa shape index (κ2) is 11.8. The van der Waals surface area contributed by atoms with Crippen LogP contribution in [0.1, 0.15) is 34.4 Å². The highest BCUT2D eigenvalue weighted by Crippen LogP contribution is 2.52. The number of nitrogens with two attached hydrogens (primary N) is 1. The van der Waals surface area contributed by atoms with E-state index in [2.05, 4.69) is 55.1 Å². The predicted molar refractivity (Wildman–Crippen MR) is 179 cm³/mol. The maximum atomic E-state index is 14.9. The van der Waals surface area contributed by atoms with Gasteiger partial charge in [-0.2, -0.15) is 45.6 Å². The lowest BCUT2D eigenvalue weighted by Gasteiger charge is -2.13. The van der Waals surface area contributed by atoms with Gasteiger partial charge in [0, 0.05) is 17.1 Å². The Kier molecular flexibility index (Phi) is 7.28. The summed E-state index contributed by atoms with van der Waals surface area (Å²) in [5, 5.41) is 18.5. The monoisotopic (exact) mass is 852 g/mol. The third-order valence-electron chi connectivity index (χ3n) is 9.14. The number of aromatic nitrogens is 12. The van der Waals surface area contributed by atoms with Gasteiger partial charge in [-0.15, -0.1) is 27.8 Å². The second-order valence-electron chi connectivity index (χ2n) is 13.3. The highest BCUT2D eigenvalue weighted by molar-refractivity contribution is 6.02. The van der Waals surface area contributed by atoms with Crippen LogP contribution in [-0.2, 0) is 25.4 Å². The van der Waals surface area contributed by atoms with E-state index in [1.165, 1.54) is 12.1 Å². The zero-order valence-electron chi connectivity index (χ0n) is 29.7. The zero-order chi connectivity index (χ0) is 42.4. The molecule has 2 aliphatic rings. The number of alkyl halides is 10. The van der Waals surface area contributed by atoms with Crippen molar-refractivity contribution in [1.29, 1.82) is 0 Å². The number of nitrogen functional groups attached to an aromatic ring is 1. The summed E-state index contributed by atoms with van der Waals surface area (Å²) in [5.74, 6) is -3.73. The summed E-state index contributed by atoms with van der Waals surface area (Å²) in [7, 11) is 0. The number of nitrogens with one attached hydrogen (secondary N) is 1. The summed E-state index contributed by atoms with van der Waals surface area (Å²) >= 11 is 0. The van der Waals surface area contributed by atoms with E-state index in [4.69, 9.17) is 15.2 Å². The highest BCUT2D eigenvalue weighted by Gasteiger charge is 2.48. The van der Waals surface area contributed by atoms with Gasteiger partial charge in [0.1, 0.15) is 29.8 Å². The number of halogens is 10. The third kappa shape index (κ3) is 5.87. The normalized spacial score (nSPS) is 15.7. The van der Waals surface area contributed by atoms with Crippen LogP contribution in [0.15, 0.2) is 30.3 Å². The summed E-state index contributed by atoms with van der Waals surface area (Å²) in [6.45, 7) is 2.53. The van der Waals surface area contributed by atoms with Crippen LogP contribution in [0.4, 0.5) is 61.5 Å². The van der Waals surface area contributed by atoms with E-state index in [1.54, 1.807) is 18.5 Å². The van der Waals surface area contributed by atoms with Crippen molar-refractivity contribution in [2.45, 2.75) is 51.9 Å². The molecule has 0 aliphatic carbocycles. The molecule has 28 heteroatoms. The Morgan fingerprint density at radius 1 is 0.667 bits per heavy atom. The van der Waals surface area contributed by atoms with Gasteiger partial charge < -0.3 is 30.0 Å². The zero-order valence-corrected chi connectivity index (χ0v) is 29.7. The fraction of sp³-hybridized carbons (Fsp3) is 0.250. The van der Waals surface area contributed by atoms with Gasteiger partial charge >= 0.3 is 24.9 Å². The maximum Gasteiger partial charge on any atom is 0.586 e. The summed E-state index contributed by atoms with van der Waals surface area (Å²) in [6, 6.07) is 5.04. The second-order valence-corrected chi connectivity index (χ2v) is 13.3. The van der Waals surface area contributed by atoms with E-state index in [9.17, 15) is 43.9 Å². The quantitative estimate of drug-likeness (QED) is 0.185. The van der Waals surface area contributed by atoms with Gasteiger partial charge in [-0.05, 0) is 38.1 Å². The average molecular weight is 853 g/mol. The van der Waals surface area contributed by atoms with Gasteiger partial charge in [-0.25, -0.2) is 19.9 Å². The van der Waals surface area contributed by atoms with Crippen LogP contribution in [0.5, 0.6) is 23.0 Å². The largest absolute Gasteiger partial charge is 0.586 e. The van der Waals surface area contributed by atoms with Gasteiger partial charge in [-0.1, -0.05) is 0 Å². The minimum Gasteiger partial charge on any atom is -0.395 e. The maximum absolute atomic E-state index is 14.9. The first-order valence-electron chi connectivity index (χ1n) is 16.9. The van der Waals surface area contributed by atoms with Crippen molar-refractivity contribution in [1.82, 2.24) is 58.7 Å². The smallest absolute Gasteiger partial charge is 0.395 e. The van der Waals surface area contributed by atoms with Crippen LogP contribution in [0, 0.1) is 13.8 Å². The van der Waals surface area contributed by atoms with E-state index < -0.39 is 83.2 Å². The predicted octanol–water partition coefficient (Wildman–Crippen LogP) is 5.98. The van der Waals surface area contributed by atoms with Crippen LogP contribution in [-0.4, -0.2) is 71.3 Å². The van der Waals surface area contributed by atoms with Gasteiger partial charge in [0.25, 0.3) is 0 Å². The average Bonchev–Trinajstić information content (AvgIpc) is 3.98. The molecule has 6 aromatic heterocycles. The van der Waals surface area contributed by atoms with Crippen molar-refractivity contribution in [3.8, 4) is 23.0 Å². The number of hydrogen-bond acceptors (Lipinski definition) is 14. The Bertz CT molecular complexity index is 3130. The van der Waals surface area contributed by atoms with Crippen LogP contribution >= 0.6 is 0 Å². The molecular formula is C32H18F10N14O4. The lowest BCUT2D eigenvalue weighted by atomic mass is 10.1. The molecule has 2 aliphatic heterocycles. The third-order valence-corrected chi connectivity index (χ3v) is 9.14. The molecule has 0 amide bonds. The molecule has 310 valence electrons. The summed E-state index contributed by atoms with van der Waals surface area (Å²) in [4.78, 5) is 17.3. The van der Waals surface area contributed by atoms with Crippen LogP contribution in [0.3, 0.4) is 0 Å². The summed E-state index contributed by atoms with van der Waals surface area (Å²) < 4.78 is 163.